The fraction of sp³-hybridized carbons (Fsp3) is 0.467. The number of amidine groups is 1. The van der Waals surface area contributed by atoms with Crippen LogP contribution in [0.15, 0.2) is 23.2 Å². The van der Waals surface area contributed by atoms with Crippen molar-refractivity contribution in [2.24, 2.45) is 4.99 Å². The van der Waals surface area contributed by atoms with E-state index in [1.807, 2.05) is 11.9 Å². The van der Waals surface area contributed by atoms with Crippen molar-refractivity contribution in [3.63, 3.8) is 0 Å². The monoisotopic (exact) mass is 291 g/mol. The van der Waals surface area contributed by atoms with E-state index in [4.69, 9.17) is 9.47 Å². The highest BCUT2D eigenvalue weighted by Crippen LogP contribution is 2.32. The van der Waals surface area contributed by atoms with Gasteiger partial charge >= 0.3 is 6.03 Å². The molecule has 0 unspecified atom stereocenters. The van der Waals surface area contributed by atoms with E-state index >= 15 is 0 Å². The van der Waals surface area contributed by atoms with Crippen molar-refractivity contribution in [2.45, 2.75) is 12.8 Å². The molecule has 1 aliphatic rings. The van der Waals surface area contributed by atoms with Gasteiger partial charge in [0.15, 0.2) is 0 Å². The Bertz CT molecular complexity index is 557. The van der Waals surface area contributed by atoms with Crippen LogP contribution in [0.3, 0.4) is 0 Å². The Kier molecular flexibility index (Phi) is 4.67. The predicted octanol–water partition coefficient (Wildman–Crippen LogP) is 2.38. The lowest BCUT2D eigenvalue weighted by atomic mass is 10.2. The zero-order chi connectivity index (χ0) is 15.4. The van der Waals surface area contributed by atoms with E-state index < -0.39 is 0 Å². The highest BCUT2D eigenvalue weighted by Gasteiger charge is 2.20. The van der Waals surface area contributed by atoms with Crippen LogP contribution in [0.4, 0.5) is 10.5 Å². The second kappa shape index (κ2) is 6.47. The molecule has 2 rings (SSSR count). The molecule has 0 saturated carbocycles. The summed E-state index contributed by atoms with van der Waals surface area (Å²) in [5, 5.41) is 0. The fourth-order valence-electron chi connectivity index (χ4n) is 2.28. The van der Waals surface area contributed by atoms with Gasteiger partial charge in [0.1, 0.15) is 17.3 Å². The molecule has 1 heterocycles. The number of hydrogen-bond acceptors (Lipinski definition) is 3. The van der Waals surface area contributed by atoms with Gasteiger partial charge in [-0.15, -0.1) is 0 Å². The largest absolute Gasteiger partial charge is 0.497 e. The molecule has 1 fully saturated rings. The normalized spacial score (nSPS) is 16.2. The van der Waals surface area contributed by atoms with Crippen LogP contribution in [-0.4, -0.2) is 51.6 Å². The average Bonchev–Trinajstić information content (AvgIpc) is 2.90. The molecule has 0 aliphatic carbocycles. The number of ether oxygens (including phenoxy) is 2. The van der Waals surface area contributed by atoms with Gasteiger partial charge in [-0.05, 0) is 18.6 Å². The van der Waals surface area contributed by atoms with Crippen LogP contribution in [0, 0.1) is 0 Å². The van der Waals surface area contributed by atoms with E-state index in [-0.39, 0.29) is 6.03 Å². The summed E-state index contributed by atoms with van der Waals surface area (Å²) in [5.74, 6) is 2.09. The third-order valence-corrected chi connectivity index (χ3v) is 3.59. The van der Waals surface area contributed by atoms with Crippen LogP contribution in [0.2, 0.25) is 0 Å². The van der Waals surface area contributed by atoms with Gasteiger partial charge in [-0.25, -0.2) is 4.79 Å². The average molecular weight is 291 g/mol. The van der Waals surface area contributed by atoms with Crippen LogP contribution in [0.5, 0.6) is 11.5 Å². The lowest BCUT2D eigenvalue weighted by Gasteiger charge is -2.19. The lowest BCUT2D eigenvalue weighted by Crippen LogP contribution is -2.27. The number of nitrogens with zero attached hydrogens (tertiary/aromatic N) is 3. The molecule has 6 nitrogen and oxygen atoms in total. The molecule has 0 radical (unpaired) electrons. The summed E-state index contributed by atoms with van der Waals surface area (Å²) in [5.41, 5.74) is 0.631. The molecule has 114 valence electrons. The molecule has 0 aromatic heterocycles. The summed E-state index contributed by atoms with van der Waals surface area (Å²) in [6.07, 6.45) is 1.88. The first-order valence-electron chi connectivity index (χ1n) is 6.85. The minimum Gasteiger partial charge on any atom is -0.497 e. The summed E-state index contributed by atoms with van der Waals surface area (Å²) in [6, 6.07) is 5.00. The van der Waals surface area contributed by atoms with E-state index in [2.05, 4.69) is 4.99 Å². The van der Waals surface area contributed by atoms with Gasteiger partial charge in [0.25, 0.3) is 0 Å². The molecule has 1 aromatic carbocycles. The van der Waals surface area contributed by atoms with Crippen molar-refractivity contribution in [3.05, 3.63) is 18.2 Å². The van der Waals surface area contributed by atoms with E-state index in [0.29, 0.717) is 17.2 Å². The third kappa shape index (κ3) is 3.26. The molecule has 1 aromatic rings. The summed E-state index contributed by atoms with van der Waals surface area (Å²) < 4.78 is 10.5. The SMILES string of the molecule is COc1ccc(OC)c(N(C)C(=O)N=C2CCCN2C)c1. The Morgan fingerprint density at radius 2 is 2.10 bits per heavy atom. The molecule has 6 heteroatoms. The summed E-state index contributed by atoms with van der Waals surface area (Å²) >= 11 is 0. The van der Waals surface area contributed by atoms with Crippen LogP contribution < -0.4 is 14.4 Å². The number of aliphatic imine (C=N–C) groups is 1. The summed E-state index contributed by atoms with van der Waals surface area (Å²) in [7, 11) is 6.78. The van der Waals surface area contributed by atoms with Crippen LogP contribution >= 0.6 is 0 Å². The van der Waals surface area contributed by atoms with Crippen molar-refractivity contribution in [2.75, 3.05) is 39.8 Å². The Morgan fingerprint density at radius 3 is 2.67 bits per heavy atom. The number of amides is 2. The van der Waals surface area contributed by atoms with Crippen LogP contribution in [-0.2, 0) is 0 Å². The molecule has 21 heavy (non-hydrogen) atoms. The van der Waals surface area contributed by atoms with Gasteiger partial charge in [-0.2, -0.15) is 4.99 Å². The number of rotatable bonds is 3. The molecule has 0 spiro atoms. The first-order chi connectivity index (χ1) is 10.1. The third-order valence-electron chi connectivity index (χ3n) is 3.59. The van der Waals surface area contributed by atoms with Crippen molar-refractivity contribution in [3.8, 4) is 11.5 Å². The first-order valence-corrected chi connectivity index (χ1v) is 6.85. The minimum absolute atomic E-state index is 0.315. The van der Waals surface area contributed by atoms with Crippen LogP contribution in [0.25, 0.3) is 0 Å². The Balaban J connectivity index is 2.26. The molecule has 2 amide bonds. The van der Waals surface area contributed by atoms with Gasteiger partial charge in [-0.1, -0.05) is 0 Å². The van der Waals surface area contributed by atoms with E-state index in [0.717, 1.165) is 25.2 Å². The van der Waals surface area contributed by atoms with Gasteiger partial charge in [-0.3, -0.25) is 4.90 Å². The number of anilines is 1. The van der Waals surface area contributed by atoms with Gasteiger partial charge < -0.3 is 14.4 Å². The lowest BCUT2D eigenvalue weighted by molar-refractivity contribution is 0.255. The second-order valence-corrected chi connectivity index (χ2v) is 4.93. The number of likely N-dealkylation sites (tertiary alicyclic amines) is 1. The van der Waals surface area contributed by atoms with Gasteiger partial charge in [0.2, 0.25) is 0 Å². The van der Waals surface area contributed by atoms with E-state index in [1.54, 1.807) is 39.5 Å². The quantitative estimate of drug-likeness (QED) is 0.858. The molecule has 1 saturated heterocycles. The van der Waals surface area contributed by atoms with Gasteiger partial charge in [0, 0.05) is 33.1 Å². The molecular weight excluding hydrogens is 270 g/mol. The number of benzene rings is 1. The maximum Gasteiger partial charge on any atom is 0.349 e. The molecule has 1 aliphatic heterocycles. The maximum absolute atomic E-state index is 12.3. The van der Waals surface area contributed by atoms with Gasteiger partial charge in [0.05, 0.1) is 19.9 Å². The number of urea groups is 1. The van der Waals surface area contributed by atoms with Crippen LogP contribution in [0.1, 0.15) is 12.8 Å². The van der Waals surface area contributed by atoms with Crippen molar-refractivity contribution in [1.82, 2.24) is 4.90 Å². The van der Waals surface area contributed by atoms with Crippen molar-refractivity contribution >= 4 is 17.6 Å². The first kappa shape index (κ1) is 15.2. The summed E-state index contributed by atoms with van der Waals surface area (Å²) in [4.78, 5) is 20.0. The predicted molar refractivity (Wildman–Crippen MR) is 82.6 cm³/mol. The molecule has 0 N–H and O–H groups in total. The zero-order valence-electron chi connectivity index (χ0n) is 12.9. The summed E-state index contributed by atoms with van der Waals surface area (Å²) in [6.45, 7) is 0.943. The van der Waals surface area contributed by atoms with E-state index in [1.165, 1.54) is 4.90 Å². The number of carbonyl (C=O) groups is 1. The number of hydrogen-bond donors (Lipinski definition) is 0. The standard InChI is InChI=1S/C15H21N3O3/c1-17-9-5-6-14(17)16-15(19)18(2)12-10-11(20-3)7-8-13(12)21-4/h7-8,10H,5-6,9H2,1-4H3. The van der Waals surface area contributed by atoms with Crippen molar-refractivity contribution in [1.29, 1.82) is 0 Å². The smallest absolute Gasteiger partial charge is 0.349 e. The zero-order valence-corrected chi connectivity index (χ0v) is 12.9. The maximum atomic E-state index is 12.3. The second-order valence-electron chi connectivity index (χ2n) is 4.93. The minimum atomic E-state index is -0.315. The number of carbonyl (C=O) groups excluding carboxylic acids is 1. The highest BCUT2D eigenvalue weighted by molar-refractivity contribution is 6.02. The number of methoxy groups -OCH3 is 2. The fourth-order valence-corrected chi connectivity index (χ4v) is 2.28. The van der Waals surface area contributed by atoms with Crippen molar-refractivity contribution < 1.29 is 14.3 Å². The Hall–Kier alpha value is -2.24. The Labute approximate surface area is 125 Å². The molecular formula is C15H21N3O3. The topological polar surface area (TPSA) is 54.4 Å². The molecule has 0 atom stereocenters. The Morgan fingerprint density at radius 1 is 1.33 bits per heavy atom. The van der Waals surface area contributed by atoms with E-state index in [9.17, 15) is 4.79 Å². The highest BCUT2D eigenvalue weighted by atomic mass is 16.5. The molecule has 0 bridgehead atoms.